The summed E-state index contributed by atoms with van der Waals surface area (Å²) in [4.78, 5) is 32.4. The van der Waals surface area contributed by atoms with Crippen molar-refractivity contribution in [1.29, 1.82) is 0 Å². The van der Waals surface area contributed by atoms with Crippen molar-refractivity contribution >= 4 is 63.6 Å². The maximum Gasteiger partial charge on any atom is 0.278 e. The molecular formula is C29H24Cl2N4O4. The van der Waals surface area contributed by atoms with Crippen molar-refractivity contribution in [3.8, 4) is 11.5 Å². The lowest BCUT2D eigenvalue weighted by molar-refractivity contribution is 0.0982. The molecule has 5 aromatic rings. The van der Waals surface area contributed by atoms with E-state index < -0.39 is 0 Å². The summed E-state index contributed by atoms with van der Waals surface area (Å²) in [7, 11) is 0. The molecule has 2 amide bonds. The molecule has 0 aliphatic carbocycles. The van der Waals surface area contributed by atoms with Crippen LogP contribution in [0, 0.1) is 6.92 Å². The number of hydrogen-bond donors (Lipinski definition) is 3. The van der Waals surface area contributed by atoms with Crippen LogP contribution in [-0.2, 0) is 0 Å². The second-order valence-corrected chi connectivity index (χ2v) is 9.71. The number of phenols is 2. The molecule has 3 N–H and O–H groups in total. The molecule has 198 valence electrons. The molecule has 2 aromatic heterocycles. The zero-order valence-electron chi connectivity index (χ0n) is 20.8. The molecular weight excluding hydrogens is 539 g/mol. The summed E-state index contributed by atoms with van der Waals surface area (Å²) >= 11 is 6.35. The molecule has 1 aliphatic heterocycles. The van der Waals surface area contributed by atoms with Gasteiger partial charge in [0.2, 0.25) is 0 Å². The third-order valence-electron chi connectivity index (χ3n) is 6.96. The topological polar surface area (TPSA) is 107 Å². The van der Waals surface area contributed by atoms with Crippen molar-refractivity contribution in [1.82, 2.24) is 9.38 Å². The van der Waals surface area contributed by atoms with Crippen molar-refractivity contribution < 1.29 is 19.8 Å². The molecule has 8 nitrogen and oxygen atoms in total. The van der Waals surface area contributed by atoms with Gasteiger partial charge in [0.25, 0.3) is 11.8 Å². The van der Waals surface area contributed by atoms with Gasteiger partial charge in [0, 0.05) is 47.8 Å². The Hall–Kier alpha value is -4.27. The Morgan fingerprint density at radius 3 is 2.59 bits per heavy atom. The SMILES string of the molecule is Cc1cccc2c(O)cc3c(c12)[C@H](CCl)CN3C(=O)c1cn2cc(NC(=O)c3ccc(O)cc3)ccc2n1.Cl. The maximum atomic E-state index is 13.7. The lowest BCUT2D eigenvalue weighted by Crippen LogP contribution is -2.30. The average Bonchev–Trinajstić information content (AvgIpc) is 3.50. The summed E-state index contributed by atoms with van der Waals surface area (Å²) in [5, 5.41) is 24.7. The summed E-state index contributed by atoms with van der Waals surface area (Å²) in [5.41, 5.74) is 4.30. The quantitative estimate of drug-likeness (QED) is 0.238. The number of hydrogen-bond acceptors (Lipinski definition) is 5. The van der Waals surface area contributed by atoms with Gasteiger partial charge in [0.05, 0.1) is 11.4 Å². The number of nitrogens with one attached hydrogen (secondary N) is 1. The molecule has 0 saturated carbocycles. The second kappa shape index (κ2) is 10.1. The maximum absolute atomic E-state index is 13.7. The van der Waals surface area contributed by atoms with Crippen molar-refractivity contribution in [3.63, 3.8) is 0 Å². The number of anilines is 2. The molecule has 3 aromatic carbocycles. The standard InChI is InChI=1S/C29H23ClN4O4.ClH/c1-16-3-2-4-21-24(36)11-23-27(26(16)21)18(12-30)13-34(23)29(38)22-15-33-14-19(7-10-25(33)32-22)31-28(37)17-5-8-20(35)9-6-17;/h2-11,14-15,18,35-36H,12-13H2,1H3,(H,31,37);1H/t18-;/m1./s1. The Morgan fingerprint density at radius 1 is 1.08 bits per heavy atom. The molecule has 0 bridgehead atoms. The predicted molar refractivity (Wildman–Crippen MR) is 154 cm³/mol. The summed E-state index contributed by atoms with van der Waals surface area (Å²) in [5.74, 6) is -0.193. The Bertz CT molecular complexity index is 1750. The molecule has 10 heteroatoms. The smallest absolute Gasteiger partial charge is 0.278 e. The number of nitrogens with zero attached hydrogens (tertiary/aromatic N) is 3. The van der Waals surface area contributed by atoms with Crippen LogP contribution in [0.5, 0.6) is 11.5 Å². The number of benzene rings is 3. The van der Waals surface area contributed by atoms with Crippen LogP contribution in [0.1, 0.15) is 37.9 Å². The minimum Gasteiger partial charge on any atom is -0.508 e. The van der Waals surface area contributed by atoms with E-state index in [-0.39, 0.29) is 47.3 Å². The highest BCUT2D eigenvalue weighted by atomic mass is 35.5. The highest BCUT2D eigenvalue weighted by molar-refractivity contribution is 6.19. The zero-order chi connectivity index (χ0) is 26.6. The molecule has 0 spiro atoms. The third-order valence-corrected chi connectivity index (χ3v) is 7.33. The van der Waals surface area contributed by atoms with Crippen LogP contribution in [0.15, 0.2) is 73.1 Å². The van der Waals surface area contributed by atoms with Gasteiger partial charge in [-0.1, -0.05) is 18.2 Å². The Balaban J connectivity index is 0.00000308. The van der Waals surface area contributed by atoms with Crippen molar-refractivity contribution in [2.45, 2.75) is 12.8 Å². The van der Waals surface area contributed by atoms with Crippen LogP contribution in [0.3, 0.4) is 0 Å². The normalized spacial score (nSPS) is 14.3. The number of carbonyl (C=O) groups excluding carboxylic acids is 2. The summed E-state index contributed by atoms with van der Waals surface area (Å²) in [6.07, 6.45) is 3.30. The number of alkyl halides is 1. The van der Waals surface area contributed by atoms with E-state index in [1.54, 1.807) is 39.9 Å². The summed E-state index contributed by atoms with van der Waals surface area (Å²) in [6, 6.07) is 16.8. The number of amides is 2. The number of fused-ring (bicyclic) bond motifs is 4. The van der Waals surface area contributed by atoms with Crippen LogP contribution < -0.4 is 10.2 Å². The number of rotatable bonds is 4. The van der Waals surface area contributed by atoms with E-state index in [1.165, 1.54) is 24.3 Å². The molecule has 0 fully saturated rings. The van der Waals surface area contributed by atoms with Crippen LogP contribution in [0.25, 0.3) is 16.4 Å². The van der Waals surface area contributed by atoms with Gasteiger partial charge in [-0.3, -0.25) is 9.59 Å². The molecule has 3 heterocycles. The lowest BCUT2D eigenvalue weighted by atomic mass is 9.92. The van der Waals surface area contributed by atoms with Crippen LogP contribution >= 0.6 is 24.0 Å². The minimum absolute atomic E-state index is 0. The van der Waals surface area contributed by atoms with Gasteiger partial charge in [-0.05, 0) is 59.8 Å². The highest BCUT2D eigenvalue weighted by Gasteiger charge is 2.36. The van der Waals surface area contributed by atoms with Crippen LogP contribution in [0.4, 0.5) is 11.4 Å². The zero-order valence-corrected chi connectivity index (χ0v) is 22.3. The molecule has 0 saturated heterocycles. The highest BCUT2D eigenvalue weighted by Crippen LogP contribution is 2.46. The molecule has 39 heavy (non-hydrogen) atoms. The van der Waals surface area contributed by atoms with Gasteiger partial charge in [-0.15, -0.1) is 24.0 Å². The van der Waals surface area contributed by atoms with Crippen LogP contribution in [0.2, 0.25) is 0 Å². The fourth-order valence-corrected chi connectivity index (χ4v) is 5.39. The number of halogens is 2. The van der Waals surface area contributed by atoms with E-state index in [0.717, 1.165) is 21.9 Å². The molecule has 1 aliphatic rings. The number of carbonyl (C=O) groups is 2. The first-order valence-corrected chi connectivity index (χ1v) is 12.6. The molecule has 1 atom stereocenters. The Morgan fingerprint density at radius 2 is 1.85 bits per heavy atom. The van der Waals surface area contributed by atoms with E-state index in [0.29, 0.717) is 35.0 Å². The Kier molecular flexibility index (Phi) is 6.84. The summed E-state index contributed by atoms with van der Waals surface area (Å²) in [6.45, 7) is 2.37. The third kappa shape index (κ3) is 4.51. The Labute approximate surface area is 234 Å². The number of pyridine rings is 1. The first-order valence-electron chi connectivity index (χ1n) is 12.1. The second-order valence-electron chi connectivity index (χ2n) is 9.40. The first-order chi connectivity index (χ1) is 18.3. The van der Waals surface area contributed by atoms with E-state index in [9.17, 15) is 19.8 Å². The van der Waals surface area contributed by atoms with Gasteiger partial charge in [0.1, 0.15) is 22.8 Å². The fourth-order valence-electron chi connectivity index (χ4n) is 5.14. The van der Waals surface area contributed by atoms with E-state index in [1.807, 2.05) is 25.1 Å². The first kappa shape index (κ1) is 26.3. The van der Waals surface area contributed by atoms with Gasteiger partial charge < -0.3 is 24.8 Å². The van der Waals surface area contributed by atoms with Crippen molar-refractivity contribution in [3.05, 3.63) is 95.4 Å². The summed E-state index contributed by atoms with van der Waals surface area (Å²) < 4.78 is 1.68. The largest absolute Gasteiger partial charge is 0.508 e. The number of aryl methyl sites for hydroxylation is 1. The van der Waals surface area contributed by atoms with E-state index in [4.69, 9.17) is 11.6 Å². The minimum atomic E-state index is -0.330. The van der Waals surface area contributed by atoms with Gasteiger partial charge in [0.15, 0.2) is 0 Å². The van der Waals surface area contributed by atoms with Gasteiger partial charge >= 0.3 is 0 Å². The van der Waals surface area contributed by atoms with Crippen molar-refractivity contribution in [2.75, 3.05) is 22.6 Å². The molecule has 0 radical (unpaired) electrons. The van der Waals surface area contributed by atoms with E-state index >= 15 is 0 Å². The number of aromatic hydroxyl groups is 2. The fraction of sp³-hybridized carbons (Fsp3) is 0.138. The molecule has 0 unspecified atom stereocenters. The van der Waals surface area contributed by atoms with E-state index in [2.05, 4.69) is 10.3 Å². The number of imidazole rings is 1. The van der Waals surface area contributed by atoms with Gasteiger partial charge in [-0.25, -0.2) is 4.98 Å². The number of phenolic OH excluding ortho intramolecular Hbond substituents is 2. The molecule has 6 rings (SSSR count). The van der Waals surface area contributed by atoms with Crippen LogP contribution in [-0.4, -0.2) is 43.8 Å². The van der Waals surface area contributed by atoms with Gasteiger partial charge in [-0.2, -0.15) is 0 Å². The lowest BCUT2D eigenvalue weighted by Gasteiger charge is -2.17. The number of aromatic nitrogens is 2. The van der Waals surface area contributed by atoms with Crippen molar-refractivity contribution in [2.24, 2.45) is 0 Å². The monoisotopic (exact) mass is 562 g/mol. The average molecular weight is 563 g/mol. The predicted octanol–water partition coefficient (Wildman–Crippen LogP) is 5.86.